The number of hydrogen-bond acceptors (Lipinski definition) is 6. The van der Waals surface area contributed by atoms with Gasteiger partial charge in [0.1, 0.15) is 11.5 Å². The number of ether oxygens (including phenoxy) is 2. The molecule has 1 aliphatic heterocycles. The Morgan fingerprint density at radius 1 is 1.18 bits per heavy atom. The number of hydrogen-bond donors (Lipinski definition) is 1. The Morgan fingerprint density at radius 2 is 1.96 bits per heavy atom. The van der Waals surface area contributed by atoms with Crippen LogP contribution in [0.5, 0.6) is 11.5 Å². The van der Waals surface area contributed by atoms with Crippen molar-refractivity contribution in [1.82, 2.24) is 5.32 Å². The number of benzene rings is 2. The monoisotopic (exact) mass is 461 g/mol. The molecule has 1 saturated heterocycles. The first kappa shape index (κ1) is 20.2. The fourth-order valence-corrected chi connectivity index (χ4v) is 3.68. The smallest absolute Gasteiger partial charge is 0.315 e. The second-order valence-electron chi connectivity index (χ2n) is 5.73. The molecule has 0 bridgehead atoms. The molecule has 0 unspecified atom stereocenters. The van der Waals surface area contributed by atoms with Crippen LogP contribution in [-0.4, -0.2) is 23.7 Å². The predicted molar refractivity (Wildman–Crippen MR) is 110 cm³/mol. The topological polar surface area (TPSA) is 81.7 Å². The summed E-state index contributed by atoms with van der Waals surface area (Å²) in [5, 5.41) is 1.81. The third-order valence-corrected chi connectivity index (χ3v) is 5.16. The molecule has 0 radical (unpaired) electrons. The maximum absolute atomic E-state index is 12.3. The highest BCUT2D eigenvalue weighted by Gasteiger charge is 2.25. The Kier molecular flexibility index (Phi) is 6.53. The van der Waals surface area contributed by atoms with Crippen molar-refractivity contribution in [3.8, 4) is 11.5 Å². The highest BCUT2D eigenvalue weighted by Crippen LogP contribution is 2.30. The summed E-state index contributed by atoms with van der Waals surface area (Å²) in [5.74, 6) is 0.176. The molecule has 3 rings (SSSR count). The van der Waals surface area contributed by atoms with Gasteiger partial charge in [-0.25, -0.2) is 0 Å². The lowest BCUT2D eigenvalue weighted by Crippen LogP contribution is -2.17. The average Bonchev–Trinajstić information content (AvgIpc) is 2.96. The van der Waals surface area contributed by atoms with E-state index in [2.05, 4.69) is 21.2 Å². The minimum atomic E-state index is -0.422. The van der Waals surface area contributed by atoms with Crippen LogP contribution in [0.15, 0.2) is 51.8 Å². The second-order valence-corrected chi connectivity index (χ2v) is 7.60. The van der Waals surface area contributed by atoms with Crippen molar-refractivity contribution in [3.63, 3.8) is 0 Å². The van der Waals surface area contributed by atoms with Gasteiger partial charge in [-0.3, -0.25) is 19.7 Å². The van der Waals surface area contributed by atoms with E-state index in [-0.39, 0.29) is 6.42 Å². The van der Waals surface area contributed by atoms with Gasteiger partial charge < -0.3 is 9.47 Å². The van der Waals surface area contributed by atoms with E-state index in [0.29, 0.717) is 33.0 Å². The fraction of sp³-hybridized carbons (Fsp3) is 0.150. The van der Waals surface area contributed by atoms with E-state index in [4.69, 9.17) is 9.47 Å². The Morgan fingerprint density at radius 3 is 2.64 bits per heavy atom. The van der Waals surface area contributed by atoms with E-state index in [1.54, 1.807) is 24.3 Å². The van der Waals surface area contributed by atoms with E-state index in [9.17, 15) is 14.4 Å². The molecule has 1 N–H and O–H groups in total. The maximum atomic E-state index is 12.3. The van der Waals surface area contributed by atoms with Gasteiger partial charge in [0.2, 0.25) is 0 Å². The lowest BCUT2D eigenvalue weighted by atomic mass is 10.1. The quantitative estimate of drug-likeness (QED) is 0.391. The number of thioether (sulfide) groups is 1. The fourth-order valence-electron chi connectivity index (χ4n) is 2.52. The molecule has 1 heterocycles. The summed E-state index contributed by atoms with van der Waals surface area (Å²) in [4.78, 5) is 35.5. The summed E-state index contributed by atoms with van der Waals surface area (Å²) in [5.41, 5.74) is 1.45. The zero-order valence-corrected chi connectivity index (χ0v) is 17.3. The molecule has 0 aliphatic carbocycles. The molecule has 2 amide bonds. The number of rotatable bonds is 6. The van der Waals surface area contributed by atoms with Gasteiger partial charge in [-0.05, 0) is 64.5 Å². The highest BCUT2D eigenvalue weighted by molar-refractivity contribution is 9.10. The van der Waals surface area contributed by atoms with Crippen molar-refractivity contribution >= 4 is 50.9 Å². The van der Waals surface area contributed by atoms with Crippen LogP contribution in [-0.2, 0) is 16.0 Å². The van der Waals surface area contributed by atoms with Crippen molar-refractivity contribution in [2.24, 2.45) is 0 Å². The number of para-hydroxylation sites is 1. The number of imide groups is 1. The Bertz CT molecular complexity index is 973. The molecule has 8 heteroatoms. The Labute approximate surface area is 174 Å². The zero-order valence-electron chi connectivity index (χ0n) is 14.9. The van der Waals surface area contributed by atoms with Gasteiger partial charge in [0, 0.05) is 5.56 Å². The summed E-state index contributed by atoms with van der Waals surface area (Å²) in [6, 6.07) is 12.4. The second kappa shape index (κ2) is 9.07. The Balaban J connectivity index is 1.70. The first-order valence-electron chi connectivity index (χ1n) is 8.42. The van der Waals surface area contributed by atoms with E-state index in [1.807, 2.05) is 31.2 Å². The van der Waals surface area contributed by atoms with Gasteiger partial charge in [0.15, 0.2) is 0 Å². The first-order chi connectivity index (χ1) is 13.5. The van der Waals surface area contributed by atoms with E-state index in [1.165, 1.54) is 0 Å². The van der Waals surface area contributed by atoms with Gasteiger partial charge >= 0.3 is 5.97 Å². The molecule has 0 aromatic heterocycles. The molecule has 2 aromatic carbocycles. The summed E-state index contributed by atoms with van der Waals surface area (Å²) >= 11 is 4.22. The third kappa shape index (κ3) is 5.02. The van der Waals surface area contributed by atoms with Crippen LogP contribution in [0.1, 0.15) is 18.1 Å². The van der Waals surface area contributed by atoms with E-state index in [0.717, 1.165) is 17.3 Å². The average molecular weight is 462 g/mol. The Hall–Kier alpha value is -2.58. The largest absolute Gasteiger partial charge is 0.494 e. The molecule has 1 fully saturated rings. The summed E-state index contributed by atoms with van der Waals surface area (Å²) in [6.07, 6.45) is 1.67. The maximum Gasteiger partial charge on any atom is 0.315 e. The molecule has 0 atom stereocenters. The molecule has 0 spiro atoms. The highest BCUT2D eigenvalue weighted by atomic mass is 79.9. The molecule has 6 nitrogen and oxygen atoms in total. The van der Waals surface area contributed by atoms with Crippen molar-refractivity contribution in [3.05, 3.63) is 63.0 Å². The number of halogens is 1. The summed E-state index contributed by atoms with van der Waals surface area (Å²) in [7, 11) is 0. The molecule has 2 aromatic rings. The SMILES string of the molecule is CCOc1ccccc1CC(=O)Oc1ccc(C=C2SC(=O)NC2=O)cc1Br. The van der Waals surface area contributed by atoms with Crippen LogP contribution < -0.4 is 14.8 Å². The van der Waals surface area contributed by atoms with Crippen LogP contribution in [0.3, 0.4) is 0 Å². The molecule has 0 saturated carbocycles. The van der Waals surface area contributed by atoms with Crippen molar-refractivity contribution in [2.45, 2.75) is 13.3 Å². The van der Waals surface area contributed by atoms with Gasteiger partial charge in [0.25, 0.3) is 11.1 Å². The minimum Gasteiger partial charge on any atom is -0.494 e. The molecule has 1 aliphatic rings. The summed E-state index contributed by atoms with van der Waals surface area (Å²) in [6.45, 7) is 2.39. The lowest BCUT2D eigenvalue weighted by molar-refractivity contribution is -0.133. The number of amides is 2. The molecule has 144 valence electrons. The van der Waals surface area contributed by atoms with E-state index >= 15 is 0 Å². The molecular formula is C20H16BrNO5S. The van der Waals surface area contributed by atoms with Crippen LogP contribution in [0.4, 0.5) is 4.79 Å². The first-order valence-corrected chi connectivity index (χ1v) is 10.0. The molecule has 28 heavy (non-hydrogen) atoms. The number of carbonyl (C=O) groups is 3. The van der Waals surface area contributed by atoms with Crippen LogP contribution in [0.25, 0.3) is 6.08 Å². The number of carbonyl (C=O) groups excluding carboxylic acids is 3. The van der Waals surface area contributed by atoms with Crippen molar-refractivity contribution in [2.75, 3.05) is 6.61 Å². The van der Waals surface area contributed by atoms with Gasteiger partial charge in [0.05, 0.1) is 22.4 Å². The zero-order chi connectivity index (χ0) is 20.1. The van der Waals surface area contributed by atoms with Crippen LogP contribution >= 0.6 is 27.7 Å². The molecular weight excluding hydrogens is 446 g/mol. The van der Waals surface area contributed by atoms with Crippen LogP contribution in [0, 0.1) is 0 Å². The standard InChI is InChI=1S/C20H16BrNO5S/c1-2-26-15-6-4-3-5-13(15)11-18(23)27-16-8-7-12(9-14(16)21)10-17-19(24)22-20(25)28-17/h3-10H,2,11H2,1H3,(H,22,24,25). The van der Waals surface area contributed by atoms with Gasteiger partial charge in [-0.2, -0.15) is 0 Å². The van der Waals surface area contributed by atoms with Crippen molar-refractivity contribution < 1.29 is 23.9 Å². The predicted octanol–water partition coefficient (Wildman–Crippen LogP) is 4.32. The minimum absolute atomic E-state index is 0.0767. The normalized spacial score (nSPS) is 14.9. The van der Waals surface area contributed by atoms with Gasteiger partial charge in [-0.1, -0.05) is 24.3 Å². The van der Waals surface area contributed by atoms with E-state index < -0.39 is 17.1 Å². The van der Waals surface area contributed by atoms with Gasteiger partial charge in [-0.15, -0.1) is 0 Å². The van der Waals surface area contributed by atoms with Crippen LogP contribution in [0.2, 0.25) is 0 Å². The lowest BCUT2D eigenvalue weighted by Gasteiger charge is -2.11. The van der Waals surface area contributed by atoms with Crippen molar-refractivity contribution in [1.29, 1.82) is 0 Å². The number of nitrogens with one attached hydrogen (secondary N) is 1. The third-order valence-electron chi connectivity index (χ3n) is 3.73. The number of esters is 1. The summed E-state index contributed by atoms with van der Waals surface area (Å²) < 4.78 is 11.5.